The number of hydrogen-bond acceptors (Lipinski definition) is 3. The maximum absolute atomic E-state index is 6.65. The molecule has 12 aromatic rings. The van der Waals surface area contributed by atoms with Crippen LogP contribution in [0.2, 0.25) is 0 Å². The lowest BCUT2D eigenvalue weighted by Crippen LogP contribution is -2.28. The third-order valence-corrected chi connectivity index (χ3v) is 13.1. The fourth-order valence-electron chi connectivity index (χ4n) is 10.6. The molecule has 0 aliphatic heterocycles. The van der Waals surface area contributed by atoms with Crippen LogP contribution in [0.1, 0.15) is 22.3 Å². The van der Waals surface area contributed by atoms with E-state index in [1.165, 1.54) is 38.8 Å². The molecular formula is C59H37NO2. The van der Waals surface area contributed by atoms with E-state index >= 15 is 0 Å². The van der Waals surface area contributed by atoms with Crippen molar-refractivity contribution in [3.63, 3.8) is 0 Å². The van der Waals surface area contributed by atoms with Crippen molar-refractivity contribution >= 4 is 71.7 Å². The topological polar surface area (TPSA) is 29.5 Å². The second kappa shape index (κ2) is 13.4. The Morgan fingerprint density at radius 1 is 0.323 bits per heavy atom. The van der Waals surface area contributed by atoms with Crippen LogP contribution in [-0.4, -0.2) is 0 Å². The van der Waals surface area contributed by atoms with Gasteiger partial charge in [0, 0.05) is 27.4 Å². The molecule has 0 unspecified atom stereocenters. The normalized spacial score (nSPS) is 13.0. The predicted molar refractivity (Wildman–Crippen MR) is 256 cm³/mol. The van der Waals surface area contributed by atoms with Gasteiger partial charge in [-0.05, 0) is 104 Å². The van der Waals surface area contributed by atoms with E-state index in [2.05, 4.69) is 223 Å². The van der Waals surface area contributed by atoms with Gasteiger partial charge in [0.05, 0.1) is 22.2 Å². The first kappa shape index (κ1) is 34.7. The monoisotopic (exact) mass is 791 g/mol. The van der Waals surface area contributed by atoms with Crippen LogP contribution in [0.15, 0.2) is 233 Å². The smallest absolute Gasteiger partial charge is 0.137 e. The molecule has 0 fully saturated rings. The second-order valence-electron chi connectivity index (χ2n) is 16.3. The number of para-hydroxylation sites is 2. The van der Waals surface area contributed by atoms with Crippen molar-refractivity contribution in [1.29, 1.82) is 0 Å². The minimum absolute atomic E-state index is 0.561. The molecule has 0 radical (unpaired) electrons. The van der Waals surface area contributed by atoms with Gasteiger partial charge in [-0.15, -0.1) is 0 Å². The summed E-state index contributed by atoms with van der Waals surface area (Å²) in [5, 5.41) is 6.69. The van der Waals surface area contributed by atoms with Gasteiger partial charge in [-0.1, -0.05) is 170 Å². The average Bonchev–Trinajstić information content (AvgIpc) is 4.00. The van der Waals surface area contributed by atoms with E-state index in [4.69, 9.17) is 8.83 Å². The number of hydrogen-bond donors (Lipinski definition) is 0. The molecule has 62 heavy (non-hydrogen) atoms. The zero-order valence-electron chi connectivity index (χ0n) is 33.6. The number of nitrogens with zero attached hydrogens (tertiary/aromatic N) is 1. The van der Waals surface area contributed by atoms with Crippen LogP contribution in [0.4, 0.5) is 17.1 Å². The molecule has 13 rings (SSSR count). The standard InChI is InChI=1S/C59H37NO2/c1-3-19-40(20-4-1)59(41-21-5-2-6-22-41)49-27-12-9-23-43(49)44-34-33-42(37-50(44)59)60(52-29-16-32-55-58(52)47-25-11-14-30-53(47)61-55)51-28-13-10-24-45(51)46-26-15-31-54-57(46)48-35-38-17-7-8-18-39(38)36-56(48)62-54/h1-37H. The fourth-order valence-corrected chi connectivity index (χ4v) is 10.6. The second-order valence-corrected chi connectivity index (χ2v) is 16.3. The van der Waals surface area contributed by atoms with Crippen molar-refractivity contribution < 1.29 is 8.83 Å². The van der Waals surface area contributed by atoms with Gasteiger partial charge in [-0.2, -0.15) is 0 Å². The van der Waals surface area contributed by atoms with E-state index in [0.29, 0.717) is 0 Å². The summed E-state index contributed by atoms with van der Waals surface area (Å²) in [6.07, 6.45) is 0. The molecular weight excluding hydrogens is 755 g/mol. The maximum atomic E-state index is 6.65. The van der Waals surface area contributed by atoms with Crippen molar-refractivity contribution in [1.82, 2.24) is 0 Å². The molecule has 3 heteroatoms. The van der Waals surface area contributed by atoms with Gasteiger partial charge in [-0.25, -0.2) is 0 Å². The van der Waals surface area contributed by atoms with Crippen LogP contribution in [0, 0.1) is 0 Å². The first-order chi connectivity index (χ1) is 30.8. The number of furan rings is 2. The minimum Gasteiger partial charge on any atom is -0.456 e. The molecule has 290 valence electrons. The molecule has 0 amide bonds. The third kappa shape index (κ3) is 4.94. The minimum atomic E-state index is -0.561. The average molecular weight is 792 g/mol. The molecule has 1 aliphatic rings. The van der Waals surface area contributed by atoms with Gasteiger partial charge in [0.25, 0.3) is 0 Å². The van der Waals surface area contributed by atoms with Gasteiger partial charge < -0.3 is 13.7 Å². The van der Waals surface area contributed by atoms with Crippen LogP contribution < -0.4 is 4.90 Å². The Morgan fingerprint density at radius 2 is 0.887 bits per heavy atom. The van der Waals surface area contributed by atoms with Crippen molar-refractivity contribution in [2.24, 2.45) is 0 Å². The number of anilines is 3. The van der Waals surface area contributed by atoms with Gasteiger partial charge >= 0.3 is 0 Å². The molecule has 1 aliphatic carbocycles. The fraction of sp³-hybridized carbons (Fsp3) is 0.0169. The van der Waals surface area contributed by atoms with Crippen molar-refractivity contribution in [2.45, 2.75) is 5.41 Å². The van der Waals surface area contributed by atoms with Crippen molar-refractivity contribution in [3.8, 4) is 22.3 Å². The zero-order chi connectivity index (χ0) is 40.8. The van der Waals surface area contributed by atoms with Crippen LogP contribution in [0.25, 0.3) is 76.9 Å². The van der Waals surface area contributed by atoms with Crippen LogP contribution in [0.5, 0.6) is 0 Å². The van der Waals surface area contributed by atoms with E-state index < -0.39 is 5.41 Å². The number of fused-ring (bicyclic) bond motifs is 10. The number of benzene rings is 10. The highest BCUT2D eigenvalue weighted by molar-refractivity contribution is 6.18. The Balaban J connectivity index is 1.13. The first-order valence-electron chi connectivity index (χ1n) is 21.2. The largest absolute Gasteiger partial charge is 0.456 e. The molecule has 2 heterocycles. The maximum Gasteiger partial charge on any atom is 0.137 e. The molecule has 10 aromatic carbocycles. The van der Waals surface area contributed by atoms with Gasteiger partial charge in [0.15, 0.2) is 0 Å². The lowest BCUT2D eigenvalue weighted by molar-refractivity contribution is 0.669. The SMILES string of the molecule is c1ccc(C2(c3ccccc3)c3ccccc3-c3ccc(N(c4ccccc4-c4cccc5oc6cc7ccccc7cc6c45)c4cccc5oc6ccccc6c45)cc32)cc1. The molecule has 0 atom stereocenters. The van der Waals surface area contributed by atoms with Gasteiger partial charge in [0.2, 0.25) is 0 Å². The summed E-state index contributed by atoms with van der Waals surface area (Å²) in [5.41, 5.74) is 15.7. The summed E-state index contributed by atoms with van der Waals surface area (Å²) in [5.74, 6) is 0. The summed E-state index contributed by atoms with van der Waals surface area (Å²) in [6.45, 7) is 0. The molecule has 0 saturated carbocycles. The third-order valence-electron chi connectivity index (χ3n) is 13.1. The quantitative estimate of drug-likeness (QED) is 0.168. The molecule has 0 saturated heterocycles. The Bertz CT molecular complexity index is 3670. The Hall–Kier alpha value is -8.14. The molecule has 3 nitrogen and oxygen atoms in total. The summed E-state index contributed by atoms with van der Waals surface area (Å²) < 4.78 is 13.2. The van der Waals surface area contributed by atoms with E-state index in [1.807, 2.05) is 6.07 Å². The van der Waals surface area contributed by atoms with Crippen molar-refractivity contribution in [3.05, 3.63) is 247 Å². The summed E-state index contributed by atoms with van der Waals surface area (Å²) >= 11 is 0. The zero-order valence-corrected chi connectivity index (χ0v) is 33.6. The highest BCUT2D eigenvalue weighted by Gasteiger charge is 2.46. The van der Waals surface area contributed by atoms with E-state index in [0.717, 1.165) is 77.5 Å². The highest BCUT2D eigenvalue weighted by atomic mass is 16.3. The van der Waals surface area contributed by atoms with Gasteiger partial charge in [-0.3, -0.25) is 0 Å². The van der Waals surface area contributed by atoms with Crippen LogP contribution >= 0.6 is 0 Å². The predicted octanol–water partition coefficient (Wildman–Crippen LogP) is 16.1. The Morgan fingerprint density at radius 3 is 1.69 bits per heavy atom. The van der Waals surface area contributed by atoms with E-state index in [-0.39, 0.29) is 0 Å². The van der Waals surface area contributed by atoms with Crippen LogP contribution in [-0.2, 0) is 5.41 Å². The number of rotatable bonds is 6. The molecule has 2 aromatic heterocycles. The lowest BCUT2D eigenvalue weighted by atomic mass is 9.67. The summed E-state index contributed by atoms with van der Waals surface area (Å²) in [4.78, 5) is 2.46. The van der Waals surface area contributed by atoms with E-state index in [9.17, 15) is 0 Å². The van der Waals surface area contributed by atoms with Gasteiger partial charge in [0.1, 0.15) is 22.3 Å². The highest BCUT2D eigenvalue weighted by Crippen LogP contribution is 2.58. The Labute approximate surface area is 358 Å². The summed E-state index contributed by atoms with van der Waals surface area (Å²) in [7, 11) is 0. The lowest BCUT2D eigenvalue weighted by Gasteiger charge is -2.35. The van der Waals surface area contributed by atoms with Crippen molar-refractivity contribution in [2.75, 3.05) is 4.90 Å². The summed E-state index contributed by atoms with van der Waals surface area (Å²) in [6, 6.07) is 81.2. The van der Waals surface area contributed by atoms with E-state index in [1.54, 1.807) is 0 Å². The molecule has 0 N–H and O–H groups in total. The molecule has 0 spiro atoms. The first-order valence-corrected chi connectivity index (χ1v) is 21.2. The molecule has 0 bridgehead atoms. The Kier molecular flexibility index (Phi) is 7.52. The van der Waals surface area contributed by atoms with Crippen LogP contribution in [0.3, 0.4) is 0 Å².